The number of nitrogens with zero attached hydrogens (tertiary/aromatic N) is 5. The number of hydrogen-bond donors (Lipinski definition) is 1. The Morgan fingerprint density at radius 1 is 1.11 bits per heavy atom. The van der Waals surface area contributed by atoms with Gasteiger partial charge < -0.3 is 9.88 Å². The molecule has 1 N–H and O–H groups in total. The molecule has 0 atom stereocenters. The van der Waals surface area contributed by atoms with Crippen LogP contribution in [0.2, 0.25) is 0 Å². The normalized spacial score (nSPS) is 13.6. The van der Waals surface area contributed by atoms with Gasteiger partial charge in [0.1, 0.15) is 0 Å². The summed E-state index contributed by atoms with van der Waals surface area (Å²) >= 11 is 0. The second-order valence-corrected chi connectivity index (χ2v) is 7.17. The third-order valence-corrected chi connectivity index (χ3v) is 5.40. The van der Waals surface area contributed by atoms with Crippen molar-refractivity contribution in [2.45, 2.75) is 19.9 Å². The standard InChI is InChI=1S/C21H20N6O/c1-13-3-6-18(25-24-13)14-9-21(28)27(23-11-14)15-4-5-16-17-12-22-8-7-19(17)26(2)20(16)10-15/h3-6,9-11,22H,7-8,12H2,1-2H3. The van der Waals surface area contributed by atoms with Crippen LogP contribution in [0.4, 0.5) is 0 Å². The maximum atomic E-state index is 12.7. The summed E-state index contributed by atoms with van der Waals surface area (Å²) in [5.74, 6) is 0. The quantitative estimate of drug-likeness (QED) is 0.583. The maximum absolute atomic E-state index is 12.7. The third-order valence-electron chi connectivity index (χ3n) is 5.40. The first-order valence-electron chi connectivity index (χ1n) is 9.33. The minimum absolute atomic E-state index is 0.195. The van der Waals surface area contributed by atoms with E-state index in [1.807, 2.05) is 31.2 Å². The number of fused-ring (bicyclic) bond motifs is 3. The average Bonchev–Trinajstić information content (AvgIpc) is 3.01. The van der Waals surface area contributed by atoms with E-state index in [-0.39, 0.29) is 5.56 Å². The molecule has 7 heteroatoms. The van der Waals surface area contributed by atoms with Crippen LogP contribution in [-0.2, 0) is 20.0 Å². The largest absolute Gasteiger partial charge is 0.347 e. The topological polar surface area (TPSA) is 77.6 Å². The van der Waals surface area contributed by atoms with E-state index in [0.717, 1.165) is 36.4 Å². The molecule has 28 heavy (non-hydrogen) atoms. The molecule has 1 aliphatic rings. The number of nitrogens with one attached hydrogen (secondary N) is 1. The Kier molecular flexibility index (Phi) is 3.84. The molecule has 1 aromatic carbocycles. The van der Waals surface area contributed by atoms with E-state index in [2.05, 4.69) is 38.3 Å². The fourth-order valence-corrected chi connectivity index (χ4v) is 3.92. The van der Waals surface area contributed by atoms with Crippen molar-refractivity contribution in [1.29, 1.82) is 0 Å². The molecular formula is C21H20N6O. The molecule has 4 aromatic rings. The molecule has 0 bridgehead atoms. The molecule has 4 heterocycles. The van der Waals surface area contributed by atoms with Gasteiger partial charge in [-0.2, -0.15) is 20.0 Å². The summed E-state index contributed by atoms with van der Waals surface area (Å²) in [6.07, 6.45) is 2.67. The molecule has 140 valence electrons. The second kappa shape index (κ2) is 6.38. The molecule has 3 aromatic heterocycles. The molecule has 0 fully saturated rings. The van der Waals surface area contributed by atoms with E-state index in [4.69, 9.17) is 0 Å². The number of benzene rings is 1. The lowest BCUT2D eigenvalue weighted by Crippen LogP contribution is -2.24. The van der Waals surface area contributed by atoms with Crippen molar-refractivity contribution < 1.29 is 0 Å². The maximum Gasteiger partial charge on any atom is 0.272 e. The van der Waals surface area contributed by atoms with Crippen LogP contribution >= 0.6 is 0 Å². The van der Waals surface area contributed by atoms with Crippen LogP contribution in [0.1, 0.15) is 17.0 Å². The van der Waals surface area contributed by atoms with E-state index >= 15 is 0 Å². The summed E-state index contributed by atoms with van der Waals surface area (Å²) in [6.45, 7) is 3.76. The van der Waals surface area contributed by atoms with Crippen molar-refractivity contribution in [2.24, 2.45) is 7.05 Å². The van der Waals surface area contributed by atoms with Crippen molar-refractivity contribution >= 4 is 10.9 Å². The van der Waals surface area contributed by atoms with E-state index in [1.165, 1.54) is 21.3 Å². The Bertz CT molecular complexity index is 1250. The van der Waals surface area contributed by atoms with Crippen LogP contribution in [0.3, 0.4) is 0 Å². The van der Waals surface area contributed by atoms with Crippen LogP contribution in [0.15, 0.2) is 47.4 Å². The van der Waals surface area contributed by atoms with Gasteiger partial charge in [-0.3, -0.25) is 4.79 Å². The predicted molar refractivity (Wildman–Crippen MR) is 107 cm³/mol. The van der Waals surface area contributed by atoms with Gasteiger partial charge in [-0.25, -0.2) is 0 Å². The summed E-state index contributed by atoms with van der Waals surface area (Å²) in [5.41, 5.74) is 6.52. The molecule has 0 saturated carbocycles. The van der Waals surface area contributed by atoms with Crippen LogP contribution in [-0.4, -0.2) is 31.1 Å². The first kappa shape index (κ1) is 16.8. The SMILES string of the molecule is Cc1ccc(-c2cnn(-c3ccc4c5c(n(C)c4c3)CCNC5)c(=O)c2)nn1. The van der Waals surface area contributed by atoms with Crippen molar-refractivity contribution in [3.63, 3.8) is 0 Å². The average molecular weight is 372 g/mol. The number of aryl methyl sites for hydroxylation is 2. The monoisotopic (exact) mass is 372 g/mol. The summed E-state index contributed by atoms with van der Waals surface area (Å²) in [7, 11) is 2.09. The molecule has 5 rings (SSSR count). The van der Waals surface area contributed by atoms with E-state index in [0.29, 0.717) is 11.3 Å². The zero-order valence-electron chi connectivity index (χ0n) is 15.8. The zero-order valence-corrected chi connectivity index (χ0v) is 15.8. The van der Waals surface area contributed by atoms with E-state index in [9.17, 15) is 4.79 Å². The fourth-order valence-electron chi connectivity index (χ4n) is 3.92. The Labute approximate surface area is 161 Å². The van der Waals surface area contributed by atoms with E-state index in [1.54, 1.807) is 12.3 Å². The number of rotatable bonds is 2. The van der Waals surface area contributed by atoms with Crippen LogP contribution in [0.25, 0.3) is 27.8 Å². The molecule has 0 unspecified atom stereocenters. The van der Waals surface area contributed by atoms with Gasteiger partial charge >= 0.3 is 0 Å². The minimum atomic E-state index is -0.195. The molecule has 0 aliphatic carbocycles. The van der Waals surface area contributed by atoms with Crippen LogP contribution in [0.5, 0.6) is 0 Å². The Balaban J connectivity index is 1.59. The van der Waals surface area contributed by atoms with Gasteiger partial charge in [0.15, 0.2) is 0 Å². The molecule has 7 nitrogen and oxygen atoms in total. The van der Waals surface area contributed by atoms with Crippen molar-refractivity contribution in [1.82, 2.24) is 29.9 Å². The van der Waals surface area contributed by atoms with Gasteiger partial charge in [0.25, 0.3) is 5.56 Å². The van der Waals surface area contributed by atoms with Gasteiger partial charge in [-0.05, 0) is 36.8 Å². The summed E-state index contributed by atoms with van der Waals surface area (Å²) in [5, 5.41) is 17.2. The lowest BCUT2D eigenvalue weighted by molar-refractivity contribution is 0.622. The Morgan fingerprint density at radius 2 is 2.00 bits per heavy atom. The molecule has 1 aliphatic heterocycles. The van der Waals surface area contributed by atoms with Crippen LogP contribution < -0.4 is 10.9 Å². The molecular weight excluding hydrogens is 352 g/mol. The summed E-state index contributed by atoms with van der Waals surface area (Å²) in [6, 6.07) is 11.3. The molecule has 0 spiro atoms. The van der Waals surface area contributed by atoms with Crippen molar-refractivity contribution in [3.8, 4) is 16.9 Å². The lowest BCUT2D eigenvalue weighted by Gasteiger charge is -2.14. The highest BCUT2D eigenvalue weighted by Gasteiger charge is 2.18. The highest BCUT2D eigenvalue weighted by molar-refractivity contribution is 5.87. The second-order valence-electron chi connectivity index (χ2n) is 7.17. The lowest BCUT2D eigenvalue weighted by atomic mass is 10.1. The third kappa shape index (κ3) is 2.63. The van der Waals surface area contributed by atoms with Crippen molar-refractivity contribution in [2.75, 3.05) is 6.54 Å². The first-order valence-corrected chi connectivity index (χ1v) is 9.33. The first-order chi connectivity index (χ1) is 13.6. The highest BCUT2D eigenvalue weighted by Crippen LogP contribution is 2.29. The molecule has 0 amide bonds. The van der Waals surface area contributed by atoms with Gasteiger partial charge in [-0.15, -0.1) is 0 Å². The smallest absolute Gasteiger partial charge is 0.272 e. The number of aromatic nitrogens is 5. The Morgan fingerprint density at radius 3 is 2.79 bits per heavy atom. The molecule has 0 saturated heterocycles. The minimum Gasteiger partial charge on any atom is -0.347 e. The van der Waals surface area contributed by atoms with Crippen LogP contribution in [0, 0.1) is 6.92 Å². The van der Waals surface area contributed by atoms with Gasteiger partial charge in [0.2, 0.25) is 0 Å². The van der Waals surface area contributed by atoms with Gasteiger partial charge in [0.05, 0.1) is 28.8 Å². The zero-order chi connectivity index (χ0) is 19.3. The number of hydrogen-bond acceptors (Lipinski definition) is 5. The highest BCUT2D eigenvalue weighted by atomic mass is 16.1. The van der Waals surface area contributed by atoms with E-state index < -0.39 is 0 Å². The van der Waals surface area contributed by atoms with Crippen molar-refractivity contribution in [3.05, 3.63) is 69.9 Å². The van der Waals surface area contributed by atoms with Gasteiger partial charge in [0, 0.05) is 49.3 Å². The Hall–Kier alpha value is -3.32. The summed E-state index contributed by atoms with van der Waals surface area (Å²) < 4.78 is 3.66. The predicted octanol–water partition coefficient (Wildman–Crippen LogP) is 2.14. The fraction of sp³-hybridized carbons (Fsp3) is 0.238. The van der Waals surface area contributed by atoms with Gasteiger partial charge in [-0.1, -0.05) is 6.07 Å². The molecule has 0 radical (unpaired) electrons. The summed E-state index contributed by atoms with van der Waals surface area (Å²) in [4.78, 5) is 12.7.